The van der Waals surface area contributed by atoms with E-state index in [9.17, 15) is 13.2 Å². The van der Waals surface area contributed by atoms with E-state index < -0.39 is 10.0 Å². The molecule has 0 saturated carbocycles. The summed E-state index contributed by atoms with van der Waals surface area (Å²) in [5, 5.41) is 6.31. The van der Waals surface area contributed by atoms with Crippen LogP contribution in [0.15, 0.2) is 53.4 Å². The summed E-state index contributed by atoms with van der Waals surface area (Å²) in [6, 6.07) is 13.7. The lowest BCUT2D eigenvalue weighted by atomic mass is 10.1. The quantitative estimate of drug-likeness (QED) is 0.485. The van der Waals surface area contributed by atoms with E-state index in [0.717, 1.165) is 18.4 Å². The van der Waals surface area contributed by atoms with Crippen molar-refractivity contribution in [3.05, 3.63) is 59.1 Å². The van der Waals surface area contributed by atoms with Gasteiger partial charge < -0.3 is 10.6 Å². The molecule has 0 aliphatic carbocycles. The van der Waals surface area contributed by atoms with Gasteiger partial charge in [0.25, 0.3) is 0 Å². The molecule has 2 N–H and O–H groups in total. The molecule has 9 heteroatoms. The maximum absolute atomic E-state index is 12.8. The Bertz CT molecular complexity index is 989. The van der Waals surface area contributed by atoms with E-state index in [1.54, 1.807) is 18.2 Å². The Balaban J connectivity index is 1.92. The third-order valence-corrected chi connectivity index (χ3v) is 7.01. The molecule has 1 amide bonds. The molecule has 2 rings (SSSR count). The van der Waals surface area contributed by atoms with E-state index in [0.29, 0.717) is 30.2 Å². The lowest BCUT2D eigenvalue weighted by Crippen LogP contribution is -2.34. The van der Waals surface area contributed by atoms with Crippen molar-refractivity contribution in [2.45, 2.75) is 44.4 Å². The molecule has 0 aromatic heterocycles. The summed E-state index contributed by atoms with van der Waals surface area (Å²) in [7, 11) is -3.53. The monoisotopic (exact) mass is 481 g/mol. The number of thiocarbonyl (C=S) groups is 1. The molecule has 0 saturated heterocycles. The molecule has 0 bridgehead atoms. The van der Waals surface area contributed by atoms with Gasteiger partial charge in [0.15, 0.2) is 5.11 Å². The van der Waals surface area contributed by atoms with Gasteiger partial charge in [-0.1, -0.05) is 43.6 Å². The molecular formula is C22H28ClN3O3S2. The van der Waals surface area contributed by atoms with E-state index >= 15 is 0 Å². The summed E-state index contributed by atoms with van der Waals surface area (Å²) in [6.45, 7) is 4.88. The van der Waals surface area contributed by atoms with Crippen LogP contribution >= 0.6 is 23.8 Å². The predicted molar refractivity (Wildman–Crippen MR) is 130 cm³/mol. The van der Waals surface area contributed by atoms with Crippen LogP contribution in [-0.4, -0.2) is 36.8 Å². The average molecular weight is 482 g/mol. The number of nitrogens with one attached hydrogen (secondary N) is 2. The van der Waals surface area contributed by atoms with Gasteiger partial charge in [-0.2, -0.15) is 4.31 Å². The lowest BCUT2D eigenvalue weighted by molar-refractivity contribution is -0.119. The zero-order valence-corrected chi connectivity index (χ0v) is 20.1. The molecule has 0 atom stereocenters. The summed E-state index contributed by atoms with van der Waals surface area (Å²) < 4.78 is 27.1. The predicted octanol–water partition coefficient (Wildman–Crippen LogP) is 4.60. The number of rotatable bonds is 10. The SMILES string of the molecule is CCCN(CCC)S(=O)(=O)c1ccc(NC(=S)NC(=O)CCc2ccccc2Cl)cc1. The second-order valence-corrected chi connectivity index (χ2v) is 9.78. The molecule has 0 radical (unpaired) electrons. The number of hydrogen-bond donors (Lipinski definition) is 2. The molecule has 0 aliphatic heterocycles. The molecule has 31 heavy (non-hydrogen) atoms. The Morgan fingerprint density at radius 3 is 2.23 bits per heavy atom. The molecule has 2 aromatic carbocycles. The highest BCUT2D eigenvalue weighted by Crippen LogP contribution is 2.19. The maximum atomic E-state index is 12.8. The van der Waals surface area contributed by atoms with Gasteiger partial charge in [0.1, 0.15) is 0 Å². The first-order valence-corrected chi connectivity index (χ1v) is 12.4. The van der Waals surface area contributed by atoms with Crippen molar-refractivity contribution in [1.29, 1.82) is 0 Å². The lowest BCUT2D eigenvalue weighted by Gasteiger charge is -2.21. The first kappa shape index (κ1) is 25.3. The Kier molecular flexibility index (Phi) is 9.90. The molecule has 168 valence electrons. The number of halogens is 1. The Hall–Kier alpha value is -2.00. The van der Waals surface area contributed by atoms with E-state index in [1.165, 1.54) is 16.4 Å². The van der Waals surface area contributed by atoms with Crippen molar-refractivity contribution in [3.8, 4) is 0 Å². The highest BCUT2D eigenvalue weighted by atomic mass is 35.5. The third-order valence-electron chi connectivity index (χ3n) is 4.53. The van der Waals surface area contributed by atoms with E-state index in [-0.39, 0.29) is 22.3 Å². The fourth-order valence-electron chi connectivity index (χ4n) is 3.01. The fraction of sp³-hybridized carbons (Fsp3) is 0.364. The van der Waals surface area contributed by atoms with Gasteiger partial charge in [-0.25, -0.2) is 8.42 Å². The van der Waals surface area contributed by atoms with Crippen LogP contribution in [0.4, 0.5) is 5.69 Å². The second-order valence-electron chi connectivity index (χ2n) is 7.02. The van der Waals surface area contributed by atoms with Gasteiger partial charge in [0.05, 0.1) is 4.90 Å². The smallest absolute Gasteiger partial charge is 0.243 e. The summed E-state index contributed by atoms with van der Waals surface area (Å²) in [5.74, 6) is -0.230. The average Bonchev–Trinajstić information content (AvgIpc) is 2.73. The van der Waals surface area contributed by atoms with Crippen molar-refractivity contribution in [2.75, 3.05) is 18.4 Å². The minimum absolute atomic E-state index is 0.151. The number of carbonyl (C=O) groups is 1. The number of nitrogens with zero attached hydrogens (tertiary/aromatic N) is 1. The van der Waals surface area contributed by atoms with Crippen LogP contribution in [-0.2, 0) is 21.2 Å². The largest absolute Gasteiger partial charge is 0.332 e. The van der Waals surface area contributed by atoms with Crippen molar-refractivity contribution >= 4 is 50.5 Å². The molecule has 0 fully saturated rings. The zero-order chi connectivity index (χ0) is 22.9. The van der Waals surface area contributed by atoms with Crippen LogP contribution in [0.1, 0.15) is 38.7 Å². The number of amides is 1. The summed E-state index contributed by atoms with van der Waals surface area (Å²) in [5.41, 5.74) is 1.49. The molecule has 0 heterocycles. The fourth-order valence-corrected chi connectivity index (χ4v) is 5.10. The number of anilines is 1. The number of carbonyl (C=O) groups excluding carboxylic acids is 1. The second kappa shape index (κ2) is 12.1. The minimum Gasteiger partial charge on any atom is -0.332 e. The van der Waals surface area contributed by atoms with Gasteiger partial charge >= 0.3 is 0 Å². The van der Waals surface area contributed by atoms with Crippen molar-refractivity contribution in [1.82, 2.24) is 9.62 Å². The van der Waals surface area contributed by atoms with Crippen LogP contribution in [0.5, 0.6) is 0 Å². The number of sulfonamides is 1. The van der Waals surface area contributed by atoms with Crippen molar-refractivity contribution < 1.29 is 13.2 Å². The molecule has 0 aliphatic rings. The Morgan fingerprint density at radius 2 is 1.65 bits per heavy atom. The summed E-state index contributed by atoms with van der Waals surface area (Å²) in [4.78, 5) is 12.4. The van der Waals surface area contributed by atoms with Gasteiger partial charge in [-0.05, 0) is 67.4 Å². The number of benzene rings is 2. The van der Waals surface area contributed by atoms with Gasteiger partial charge in [0, 0.05) is 30.2 Å². The summed E-state index contributed by atoms with van der Waals surface area (Å²) >= 11 is 11.3. The van der Waals surface area contributed by atoms with Gasteiger partial charge in [-0.15, -0.1) is 0 Å². The van der Waals surface area contributed by atoms with E-state index in [4.69, 9.17) is 23.8 Å². The highest BCUT2D eigenvalue weighted by molar-refractivity contribution is 7.89. The molecule has 2 aromatic rings. The third kappa shape index (κ3) is 7.57. The van der Waals surface area contributed by atoms with Crippen LogP contribution in [0.3, 0.4) is 0 Å². The first-order chi connectivity index (χ1) is 14.8. The number of aryl methyl sites for hydroxylation is 1. The normalized spacial score (nSPS) is 11.4. The topological polar surface area (TPSA) is 78.5 Å². The molecular weight excluding hydrogens is 454 g/mol. The number of hydrogen-bond acceptors (Lipinski definition) is 4. The van der Waals surface area contributed by atoms with Crippen LogP contribution in [0, 0.1) is 0 Å². The Morgan fingerprint density at radius 1 is 1.03 bits per heavy atom. The summed E-state index contributed by atoms with van der Waals surface area (Å²) in [6.07, 6.45) is 2.26. The van der Waals surface area contributed by atoms with E-state index in [2.05, 4.69) is 10.6 Å². The van der Waals surface area contributed by atoms with Crippen LogP contribution in [0.25, 0.3) is 0 Å². The van der Waals surface area contributed by atoms with Gasteiger partial charge in [-0.3, -0.25) is 4.79 Å². The first-order valence-electron chi connectivity index (χ1n) is 10.2. The zero-order valence-electron chi connectivity index (χ0n) is 17.7. The van der Waals surface area contributed by atoms with Crippen molar-refractivity contribution in [2.24, 2.45) is 0 Å². The molecule has 0 unspecified atom stereocenters. The Labute approximate surface area is 195 Å². The van der Waals surface area contributed by atoms with Crippen molar-refractivity contribution in [3.63, 3.8) is 0 Å². The molecule has 0 spiro atoms. The van der Waals surface area contributed by atoms with Gasteiger partial charge in [0.2, 0.25) is 15.9 Å². The minimum atomic E-state index is -3.53. The van der Waals surface area contributed by atoms with Crippen LogP contribution < -0.4 is 10.6 Å². The standard InChI is InChI=1S/C22H28ClN3O3S2/c1-3-15-26(16-4-2)31(28,29)19-12-10-18(11-13-19)24-22(30)25-21(27)14-9-17-7-5-6-8-20(17)23/h5-8,10-13H,3-4,9,14-16H2,1-2H3,(H2,24,25,27,30). The molecule has 6 nitrogen and oxygen atoms in total. The van der Waals surface area contributed by atoms with Crippen LogP contribution in [0.2, 0.25) is 5.02 Å². The van der Waals surface area contributed by atoms with E-state index in [1.807, 2.05) is 32.0 Å². The maximum Gasteiger partial charge on any atom is 0.243 e. The highest BCUT2D eigenvalue weighted by Gasteiger charge is 2.22.